The van der Waals surface area contributed by atoms with Crippen molar-refractivity contribution >= 4 is 34.6 Å². The number of rotatable bonds is 3. The van der Waals surface area contributed by atoms with E-state index in [1.165, 1.54) is 30.3 Å². The fourth-order valence-electron chi connectivity index (χ4n) is 3.08. The van der Waals surface area contributed by atoms with Crippen molar-refractivity contribution in [2.45, 2.75) is 19.3 Å². The molecule has 7 nitrogen and oxygen atoms in total. The predicted molar refractivity (Wildman–Crippen MR) is 104 cm³/mol. The third-order valence-corrected chi connectivity index (χ3v) is 5.54. The van der Waals surface area contributed by atoms with Crippen LogP contribution in [0, 0.1) is 10.1 Å². The molecular formula is C19H17N3O4S. The van der Waals surface area contributed by atoms with Crippen molar-refractivity contribution in [2.75, 3.05) is 13.1 Å². The molecule has 0 saturated carbocycles. The molecule has 1 saturated heterocycles. The Bertz CT molecular complexity index is 940. The number of aliphatic imine (C=N–C) groups is 1. The largest absolute Gasteiger partial charge is 0.457 e. The third kappa shape index (κ3) is 3.80. The van der Waals surface area contributed by atoms with Crippen molar-refractivity contribution in [1.82, 2.24) is 4.90 Å². The summed E-state index contributed by atoms with van der Waals surface area (Å²) in [6.45, 7) is 1.88. The molecule has 1 fully saturated rings. The Kier molecular flexibility index (Phi) is 4.81. The van der Waals surface area contributed by atoms with Gasteiger partial charge in [-0.05, 0) is 55.3 Å². The smallest absolute Gasteiger partial charge is 0.286 e. The first-order valence-corrected chi connectivity index (χ1v) is 9.54. The minimum atomic E-state index is -0.440. The summed E-state index contributed by atoms with van der Waals surface area (Å²) in [6, 6.07) is 9.71. The summed E-state index contributed by atoms with van der Waals surface area (Å²) in [5.74, 6) is 0.896. The first-order valence-electron chi connectivity index (χ1n) is 8.72. The molecule has 2 aliphatic rings. The van der Waals surface area contributed by atoms with E-state index >= 15 is 0 Å². The first kappa shape index (κ1) is 17.5. The molecule has 27 heavy (non-hydrogen) atoms. The van der Waals surface area contributed by atoms with Crippen LogP contribution in [0.5, 0.6) is 0 Å². The normalized spacial score (nSPS) is 18.8. The standard InChI is InChI=1S/C19H17N3O4S/c23-18-17(27-19(20-18)21-10-2-1-3-11-21)12-15-8-9-16(26-15)13-4-6-14(7-5-13)22(24)25/h4-9,12H,1-3,10-11H2. The molecule has 0 atom stereocenters. The monoisotopic (exact) mass is 383 g/mol. The van der Waals surface area contributed by atoms with Gasteiger partial charge in [-0.25, -0.2) is 0 Å². The number of carbonyl (C=O) groups is 1. The maximum atomic E-state index is 12.2. The number of likely N-dealkylation sites (tertiary alicyclic amines) is 1. The Balaban J connectivity index is 1.49. The lowest BCUT2D eigenvalue weighted by Crippen LogP contribution is -2.33. The van der Waals surface area contributed by atoms with E-state index in [0.29, 0.717) is 16.4 Å². The van der Waals surface area contributed by atoms with E-state index in [-0.39, 0.29) is 11.6 Å². The van der Waals surface area contributed by atoms with Gasteiger partial charge in [0.25, 0.3) is 11.6 Å². The number of amides is 1. The summed E-state index contributed by atoms with van der Waals surface area (Å²) < 4.78 is 5.78. The van der Waals surface area contributed by atoms with Gasteiger partial charge in [-0.15, -0.1) is 0 Å². The number of nitrogens with zero attached hydrogens (tertiary/aromatic N) is 3. The Hall–Kier alpha value is -2.87. The van der Waals surface area contributed by atoms with Gasteiger partial charge >= 0.3 is 0 Å². The molecule has 4 rings (SSSR count). The summed E-state index contributed by atoms with van der Waals surface area (Å²) >= 11 is 1.38. The number of hydrogen-bond acceptors (Lipinski definition) is 6. The summed E-state index contributed by atoms with van der Waals surface area (Å²) in [7, 11) is 0. The van der Waals surface area contributed by atoms with E-state index in [9.17, 15) is 14.9 Å². The fourth-order valence-corrected chi connectivity index (χ4v) is 4.03. The van der Waals surface area contributed by atoms with Crippen LogP contribution < -0.4 is 0 Å². The number of furan rings is 1. The van der Waals surface area contributed by atoms with E-state index in [2.05, 4.69) is 9.89 Å². The highest BCUT2D eigenvalue weighted by Crippen LogP contribution is 2.32. The van der Waals surface area contributed by atoms with E-state index in [1.807, 2.05) is 0 Å². The maximum absolute atomic E-state index is 12.2. The number of carbonyl (C=O) groups excluding carboxylic acids is 1. The van der Waals surface area contributed by atoms with Crippen LogP contribution in [-0.4, -0.2) is 34.0 Å². The number of nitro benzene ring substituents is 1. The summed E-state index contributed by atoms with van der Waals surface area (Å²) in [5, 5.41) is 11.5. The first-order chi connectivity index (χ1) is 13.1. The van der Waals surface area contributed by atoms with Gasteiger partial charge in [0, 0.05) is 36.9 Å². The lowest BCUT2D eigenvalue weighted by atomic mass is 10.1. The highest BCUT2D eigenvalue weighted by atomic mass is 32.2. The second-order valence-electron chi connectivity index (χ2n) is 6.36. The topological polar surface area (TPSA) is 89.0 Å². The zero-order chi connectivity index (χ0) is 18.8. The Morgan fingerprint density at radius 2 is 1.85 bits per heavy atom. The van der Waals surface area contributed by atoms with Crippen LogP contribution in [0.4, 0.5) is 5.69 Å². The van der Waals surface area contributed by atoms with E-state index < -0.39 is 4.92 Å². The number of nitro groups is 1. The highest BCUT2D eigenvalue weighted by molar-refractivity contribution is 8.18. The van der Waals surface area contributed by atoms with Gasteiger partial charge < -0.3 is 9.32 Å². The Morgan fingerprint density at radius 1 is 1.11 bits per heavy atom. The number of amidine groups is 1. The average Bonchev–Trinajstić information content (AvgIpc) is 3.30. The summed E-state index contributed by atoms with van der Waals surface area (Å²) in [6.07, 6.45) is 5.18. The number of benzene rings is 1. The average molecular weight is 383 g/mol. The van der Waals surface area contributed by atoms with E-state index in [1.54, 1.807) is 30.3 Å². The number of hydrogen-bond donors (Lipinski definition) is 0. The van der Waals surface area contributed by atoms with Gasteiger partial charge in [-0.1, -0.05) is 0 Å². The van der Waals surface area contributed by atoms with Crippen LogP contribution in [-0.2, 0) is 4.79 Å². The lowest BCUT2D eigenvalue weighted by Gasteiger charge is -2.27. The minimum Gasteiger partial charge on any atom is -0.457 e. The molecule has 0 N–H and O–H groups in total. The van der Waals surface area contributed by atoms with Crippen LogP contribution in [0.15, 0.2) is 50.7 Å². The zero-order valence-electron chi connectivity index (χ0n) is 14.5. The SMILES string of the molecule is O=C1N=C(N2CCCCC2)SC1=Cc1ccc(-c2ccc([N+](=O)[O-])cc2)o1. The molecule has 0 aliphatic carbocycles. The third-order valence-electron chi connectivity index (χ3n) is 4.50. The molecule has 0 spiro atoms. The van der Waals surface area contributed by atoms with Gasteiger partial charge in [0.05, 0.1) is 9.83 Å². The molecule has 138 valence electrons. The Morgan fingerprint density at radius 3 is 2.56 bits per heavy atom. The molecule has 1 aromatic heterocycles. The molecule has 2 aromatic rings. The quantitative estimate of drug-likeness (QED) is 0.446. The van der Waals surface area contributed by atoms with Crippen LogP contribution >= 0.6 is 11.8 Å². The van der Waals surface area contributed by atoms with Crippen LogP contribution in [0.1, 0.15) is 25.0 Å². The second-order valence-corrected chi connectivity index (χ2v) is 7.37. The van der Waals surface area contributed by atoms with Crippen LogP contribution in [0.25, 0.3) is 17.4 Å². The molecular weight excluding hydrogens is 366 g/mol. The molecule has 0 unspecified atom stereocenters. The molecule has 3 heterocycles. The lowest BCUT2D eigenvalue weighted by molar-refractivity contribution is -0.384. The summed E-state index contributed by atoms with van der Waals surface area (Å²) in [4.78, 5) is 29.4. The molecule has 0 bridgehead atoms. The molecule has 1 aromatic carbocycles. The summed E-state index contributed by atoms with van der Waals surface area (Å²) in [5.41, 5.74) is 0.767. The molecule has 2 aliphatic heterocycles. The predicted octanol–water partition coefficient (Wildman–Crippen LogP) is 4.31. The fraction of sp³-hybridized carbons (Fsp3) is 0.263. The molecule has 0 radical (unpaired) electrons. The van der Waals surface area contributed by atoms with Crippen molar-refractivity contribution in [3.8, 4) is 11.3 Å². The van der Waals surface area contributed by atoms with Crippen molar-refractivity contribution in [1.29, 1.82) is 0 Å². The zero-order valence-corrected chi connectivity index (χ0v) is 15.3. The van der Waals surface area contributed by atoms with Gasteiger partial charge in [0.15, 0.2) is 5.17 Å². The number of thioether (sulfide) groups is 1. The van der Waals surface area contributed by atoms with Crippen LogP contribution in [0.3, 0.4) is 0 Å². The number of non-ortho nitro benzene ring substituents is 1. The maximum Gasteiger partial charge on any atom is 0.286 e. The van der Waals surface area contributed by atoms with E-state index in [4.69, 9.17) is 4.42 Å². The van der Waals surface area contributed by atoms with Crippen molar-refractivity contribution in [2.24, 2.45) is 4.99 Å². The number of piperidine rings is 1. The van der Waals surface area contributed by atoms with Gasteiger partial charge in [-0.2, -0.15) is 4.99 Å². The van der Waals surface area contributed by atoms with E-state index in [0.717, 1.165) is 36.7 Å². The van der Waals surface area contributed by atoms with Gasteiger partial charge in [0.2, 0.25) is 0 Å². The minimum absolute atomic E-state index is 0.0305. The van der Waals surface area contributed by atoms with Crippen molar-refractivity contribution < 1.29 is 14.1 Å². The highest BCUT2D eigenvalue weighted by Gasteiger charge is 2.27. The van der Waals surface area contributed by atoms with Crippen molar-refractivity contribution in [3.63, 3.8) is 0 Å². The van der Waals surface area contributed by atoms with Gasteiger partial charge in [-0.3, -0.25) is 14.9 Å². The Labute approximate surface area is 159 Å². The van der Waals surface area contributed by atoms with Crippen molar-refractivity contribution in [3.05, 3.63) is 57.2 Å². The van der Waals surface area contributed by atoms with Gasteiger partial charge in [0.1, 0.15) is 11.5 Å². The second kappa shape index (κ2) is 7.40. The molecule has 8 heteroatoms. The molecule has 1 amide bonds. The van der Waals surface area contributed by atoms with Crippen LogP contribution in [0.2, 0.25) is 0 Å².